The van der Waals surface area contributed by atoms with Crippen LogP contribution < -0.4 is 0 Å². The summed E-state index contributed by atoms with van der Waals surface area (Å²) >= 11 is 5.27. The number of halogens is 1. The zero-order chi connectivity index (χ0) is 11.4. The molecule has 0 aliphatic rings. The number of aliphatic hydroxyl groups is 1. The van der Waals surface area contributed by atoms with Crippen LogP contribution >= 0.6 is 27.7 Å². The lowest BCUT2D eigenvalue weighted by atomic mass is 10.1. The molecule has 0 heterocycles. The van der Waals surface area contributed by atoms with Gasteiger partial charge < -0.3 is 5.11 Å². The van der Waals surface area contributed by atoms with Crippen LogP contribution in [0.5, 0.6) is 0 Å². The van der Waals surface area contributed by atoms with E-state index in [2.05, 4.69) is 35.8 Å². The largest absolute Gasteiger partial charge is 0.389 e. The average molecular weight is 289 g/mol. The van der Waals surface area contributed by atoms with Crippen molar-refractivity contribution in [2.24, 2.45) is 5.92 Å². The molecule has 0 aliphatic carbocycles. The van der Waals surface area contributed by atoms with Gasteiger partial charge in [0.25, 0.3) is 0 Å². The van der Waals surface area contributed by atoms with Gasteiger partial charge in [0.15, 0.2) is 0 Å². The van der Waals surface area contributed by atoms with Crippen molar-refractivity contribution >= 4 is 27.7 Å². The molecule has 0 aromatic heterocycles. The standard InChI is InChI=1S/C12H17BrOS/c1-8(2)7-15-12-6-10(13)4-5-11(12)9(3)14/h4-6,8-9,14H,7H2,1-3H3. The van der Waals surface area contributed by atoms with Gasteiger partial charge in [-0.25, -0.2) is 0 Å². The number of hydrogen-bond acceptors (Lipinski definition) is 2. The highest BCUT2D eigenvalue weighted by molar-refractivity contribution is 9.10. The highest BCUT2D eigenvalue weighted by Crippen LogP contribution is 2.31. The fraction of sp³-hybridized carbons (Fsp3) is 0.500. The van der Waals surface area contributed by atoms with Crippen molar-refractivity contribution < 1.29 is 5.11 Å². The van der Waals surface area contributed by atoms with Crippen molar-refractivity contribution in [3.05, 3.63) is 28.2 Å². The van der Waals surface area contributed by atoms with Crippen LogP contribution in [0.1, 0.15) is 32.4 Å². The molecule has 3 heteroatoms. The van der Waals surface area contributed by atoms with E-state index in [-0.39, 0.29) is 0 Å². The number of thioether (sulfide) groups is 1. The number of aliphatic hydroxyl groups excluding tert-OH is 1. The predicted octanol–water partition coefficient (Wildman–Crippen LogP) is 4.25. The van der Waals surface area contributed by atoms with Gasteiger partial charge in [0, 0.05) is 15.1 Å². The molecule has 1 aromatic rings. The molecule has 0 fully saturated rings. The summed E-state index contributed by atoms with van der Waals surface area (Å²) in [4.78, 5) is 1.17. The van der Waals surface area contributed by atoms with Gasteiger partial charge in [0.1, 0.15) is 0 Å². The molecule has 1 nitrogen and oxygen atoms in total. The zero-order valence-corrected chi connectivity index (χ0v) is 11.7. The summed E-state index contributed by atoms with van der Waals surface area (Å²) in [5, 5.41) is 9.63. The Bertz CT molecular complexity index is 323. The quantitative estimate of drug-likeness (QED) is 0.836. The van der Waals surface area contributed by atoms with Crippen molar-refractivity contribution in [1.82, 2.24) is 0 Å². The van der Waals surface area contributed by atoms with Gasteiger partial charge in [-0.1, -0.05) is 35.8 Å². The van der Waals surface area contributed by atoms with Gasteiger partial charge in [-0.15, -0.1) is 11.8 Å². The van der Waals surface area contributed by atoms with Crippen LogP contribution in [-0.4, -0.2) is 10.9 Å². The molecule has 0 radical (unpaired) electrons. The molecule has 1 rings (SSSR count). The molecule has 1 aromatic carbocycles. The second kappa shape index (κ2) is 5.92. The van der Waals surface area contributed by atoms with Crippen molar-refractivity contribution in [2.45, 2.75) is 31.8 Å². The Morgan fingerprint density at radius 1 is 1.33 bits per heavy atom. The van der Waals surface area contributed by atoms with Crippen LogP contribution in [0.2, 0.25) is 0 Å². The summed E-state index contributed by atoms with van der Waals surface area (Å²) in [6.07, 6.45) is -0.396. The van der Waals surface area contributed by atoms with Crippen molar-refractivity contribution in [3.8, 4) is 0 Å². The van der Waals surface area contributed by atoms with E-state index in [1.807, 2.05) is 30.8 Å². The van der Waals surface area contributed by atoms with Crippen LogP contribution in [0, 0.1) is 5.92 Å². The highest BCUT2D eigenvalue weighted by atomic mass is 79.9. The lowest BCUT2D eigenvalue weighted by Gasteiger charge is -2.13. The summed E-state index contributed by atoms with van der Waals surface area (Å²) in [6.45, 7) is 6.21. The molecule has 1 unspecified atom stereocenters. The average Bonchev–Trinajstić information content (AvgIpc) is 2.14. The maximum absolute atomic E-state index is 9.63. The van der Waals surface area contributed by atoms with Crippen molar-refractivity contribution in [2.75, 3.05) is 5.75 Å². The third-order valence-corrected chi connectivity index (χ3v) is 3.99. The summed E-state index contributed by atoms with van der Waals surface area (Å²) in [6, 6.07) is 6.04. The van der Waals surface area contributed by atoms with Crippen molar-refractivity contribution in [3.63, 3.8) is 0 Å². The Morgan fingerprint density at radius 2 is 2.00 bits per heavy atom. The SMILES string of the molecule is CC(C)CSc1cc(Br)ccc1C(C)O. The maximum atomic E-state index is 9.63. The fourth-order valence-electron chi connectivity index (χ4n) is 1.23. The topological polar surface area (TPSA) is 20.2 Å². The lowest BCUT2D eigenvalue weighted by Crippen LogP contribution is -1.96. The Balaban J connectivity index is 2.87. The molecule has 0 saturated carbocycles. The molecule has 0 bridgehead atoms. The van der Waals surface area contributed by atoms with E-state index in [0.29, 0.717) is 5.92 Å². The number of benzene rings is 1. The summed E-state index contributed by atoms with van der Waals surface area (Å²) in [5.41, 5.74) is 1.02. The van der Waals surface area contributed by atoms with Crippen LogP contribution in [-0.2, 0) is 0 Å². The van der Waals surface area contributed by atoms with E-state index in [1.54, 1.807) is 0 Å². The minimum atomic E-state index is -0.396. The molecule has 0 amide bonds. The lowest BCUT2D eigenvalue weighted by molar-refractivity contribution is 0.196. The first kappa shape index (κ1) is 13.1. The van der Waals surface area contributed by atoms with Crippen LogP contribution in [0.25, 0.3) is 0 Å². The second-order valence-electron chi connectivity index (χ2n) is 4.06. The van der Waals surface area contributed by atoms with E-state index >= 15 is 0 Å². The highest BCUT2D eigenvalue weighted by Gasteiger charge is 2.09. The Morgan fingerprint density at radius 3 is 2.53 bits per heavy atom. The minimum absolute atomic E-state index is 0.396. The van der Waals surface area contributed by atoms with E-state index < -0.39 is 6.10 Å². The second-order valence-corrected chi connectivity index (χ2v) is 6.04. The Labute approximate surface area is 104 Å². The maximum Gasteiger partial charge on any atom is 0.0772 e. The van der Waals surface area contributed by atoms with Gasteiger partial charge in [-0.05, 0) is 30.5 Å². The molecule has 1 N–H and O–H groups in total. The summed E-state index contributed by atoms with van der Waals surface area (Å²) < 4.78 is 1.07. The number of hydrogen-bond donors (Lipinski definition) is 1. The third-order valence-electron chi connectivity index (χ3n) is 2.00. The summed E-state index contributed by atoms with van der Waals surface area (Å²) in [7, 11) is 0. The number of rotatable bonds is 4. The molecular weight excluding hydrogens is 272 g/mol. The van der Waals surface area contributed by atoms with Gasteiger partial charge in [0.05, 0.1) is 6.10 Å². The summed E-state index contributed by atoms with van der Waals surface area (Å²) in [5.74, 6) is 1.74. The van der Waals surface area contributed by atoms with Crippen molar-refractivity contribution in [1.29, 1.82) is 0 Å². The fourth-order valence-corrected chi connectivity index (χ4v) is 2.88. The van der Waals surface area contributed by atoms with Gasteiger partial charge in [-0.3, -0.25) is 0 Å². The van der Waals surface area contributed by atoms with E-state index in [0.717, 1.165) is 15.8 Å². The molecule has 84 valence electrons. The first-order valence-electron chi connectivity index (χ1n) is 5.11. The molecule has 15 heavy (non-hydrogen) atoms. The molecule has 1 atom stereocenters. The minimum Gasteiger partial charge on any atom is -0.389 e. The monoisotopic (exact) mass is 288 g/mol. The van der Waals surface area contributed by atoms with Crippen LogP contribution in [0.15, 0.2) is 27.6 Å². The van der Waals surface area contributed by atoms with E-state index in [1.165, 1.54) is 4.90 Å². The first-order chi connectivity index (χ1) is 7.00. The third kappa shape index (κ3) is 4.17. The Hall–Kier alpha value is 0.01000. The molecule has 0 saturated heterocycles. The van der Waals surface area contributed by atoms with Gasteiger partial charge in [-0.2, -0.15) is 0 Å². The molecular formula is C12H17BrOS. The van der Waals surface area contributed by atoms with Gasteiger partial charge in [0.2, 0.25) is 0 Å². The van der Waals surface area contributed by atoms with Crippen LogP contribution in [0.3, 0.4) is 0 Å². The van der Waals surface area contributed by atoms with Crippen LogP contribution in [0.4, 0.5) is 0 Å². The molecule has 0 aliphatic heterocycles. The van der Waals surface area contributed by atoms with E-state index in [4.69, 9.17) is 0 Å². The Kier molecular flexibility index (Phi) is 5.16. The zero-order valence-electron chi connectivity index (χ0n) is 9.33. The predicted molar refractivity (Wildman–Crippen MR) is 70.3 cm³/mol. The normalized spacial score (nSPS) is 13.2. The van der Waals surface area contributed by atoms with Gasteiger partial charge >= 0.3 is 0 Å². The van der Waals surface area contributed by atoms with E-state index in [9.17, 15) is 5.11 Å². The smallest absolute Gasteiger partial charge is 0.0772 e. The first-order valence-corrected chi connectivity index (χ1v) is 6.89. The molecule has 0 spiro atoms.